The van der Waals surface area contributed by atoms with E-state index in [0.717, 1.165) is 17.7 Å². The zero-order valence-electron chi connectivity index (χ0n) is 12.2. The van der Waals surface area contributed by atoms with Gasteiger partial charge >= 0.3 is 0 Å². The number of hydrogen-bond donors (Lipinski definition) is 1. The number of benzene rings is 2. The Hall–Kier alpha value is -2.31. The highest BCUT2D eigenvalue weighted by atomic mass is 16.3. The van der Waals surface area contributed by atoms with Gasteiger partial charge in [0.05, 0.1) is 17.7 Å². The third kappa shape index (κ3) is 2.28. The first kappa shape index (κ1) is 13.7. The first-order chi connectivity index (χ1) is 10.1. The van der Waals surface area contributed by atoms with E-state index >= 15 is 0 Å². The predicted molar refractivity (Wildman–Crippen MR) is 83.5 cm³/mol. The maximum atomic E-state index is 10.1. The number of nitrogens with zero attached hydrogens (tertiary/aromatic N) is 2. The molecule has 0 saturated carbocycles. The fraction of sp³-hybridized carbons (Fsp3) is 0.278. The number of para-hydroxylation sites is 1. The monoisotopic (exact) mass is 278 g/mol. The summed E-state index contributed by atoms with van der Waals surface area (Å²) in [6.45, 7) is 3.93. The SMILES string of the molecule is CC(O)c1ccc(C#N)cc1N1c2ccccc2CC1C. The van der Waals surface area contributed by atoms with E-state index in [2.05, 4.69) is 36.1 Å². The van der Waals surface area contributed by atoms with E-state index in [1.807, 2.05) is 18.2 Å². The minimum absolute atomic E-state index is 0.314. The van der Waals surface area contributed by atoms with Crippen LogP contribution in [-0.2, 0) is 6.42 Å². The van der Waals surface area contributed by atoms with Crippen LogP contribution in [0.1, 0.15) is 36.6 Å². The van der Waals surface area contributed by atoms with E-state index in [1.54, 1.807) is 13.0 Å². The van der Waals surface area contributed by atoms with E-state index in [-0.39, 0.29) is 0 Å². The van der Waals surface area contributed by atoms with Gasteiger partial charge < -0.3 is 10.0 Å². The lowest BCUT2D eigenvalue weighted by Crippen LogP contribution is -2.25. The largest absolute Gasteiger partial charge is 0.389 e. The predicted octanol–water partition coefficient (Wildman–Crippen LogP) is 3.69. The van der Waals surface area contributed by atoms with Crippen molar-refractivity contribution in [2.45, 2.75) is 32.4 Å². The van der Waals surface area contributed by atoms with Gasteiger partial charge in [-0.2, -0.15) is 5.26 Å². The van der Waals surface area contributed by atoms with Gasteiger partial charge in [0.25, 0.3) is 0 Å². The van der Waals surface area contributed by atoms with Crippen molar-refractivity contribution >= 4 is 11.4 Å². The molecule has 0 aliphatic carbocycles. The molecule has 3 heteroatoms. The van der Waals surface area contributed by atoms with Gasteiger partial charge in [-0.3, -0.25) is 0 Å². The van der Waals surface area contributed by atoms with Crippen molar-refractivity contribution in [3.63, 3.8) is 0 Å². The molecular weight excluding hydrogens is 260 g/mol. The first-order valence-electron chi connectivity index (χ1n) is 7.21. The molecule has 2 aromatic carbocycles. The summed E-state index contributed by atoms with van der Waals surface area (Å²) >= 11 is 0. The topological polar surface area (TPSA) is 47.3 Å². The van der Waals surface area contributed by atoms with E-state index in [1.165, 1.54) is 11.3 Å². The molecule has 106 valence electrons. The molecule has 2 unspecified atom stereocenters. The average Bonchev–Trinajstić information content (AvgIpc) is 2.82. The molecule has 2 aromatic rings. The van der Waals surface area contributed by atoms with Crippen LogP contribution < -0.4 is 4.90 Å². The smallest absolute Gasteiger partial charge is 0.0992 e. The second-order valence-electron chi connectivity index (χ2n) is 5.61. The number of fused-ring (bicyclic) bond motifs is 1. The minimum Gasteiger partial charge on any atom is -0.389 e. The Labute approximate surface area is 125 Å². The molecule has 21 heavy (non-hydrogen) atoms. The second kappa shape index (κ2) is 5.23. The highest BCUT2D eigenvalue weighted by molar-refractivity contribution is 5.74. The lowest BCUT2D eigenvalue weighted by Gasteiger charge is -2.28. The molecule has 3 rings (SSSR count). The molecule has 2 atom stereocenters. The van der Waals surface area contributed by atoms with Crippen molar-refractivity contribution in [2.24, 2.45) is 0 Å². The Bertz CT molecular complexity index is 715. The van der Waals surface area contributed by atoms with Gasteiger partial charge in [0, 0.05) is 23.0 Å². The fourth-order valence-electron chi connectivity index (χ4n) is 3.11. The normalized spacial score (nSPS) is 18.2. The quantitative estimate of drug-likeness (QED) is 0.911. The van der Waals surface area contributed by atoms with Gasteiger partial charge in [-0.05, 0) is 44.0 Å². The van der Waals surface area contributed by atoms with Crippen LogP contribution in [0.4, 0.5) is 11.4 Å². The lowest BCUT2D eigenvalue weighted by molar-refractivity contribution is 0.199. The molecule has 1 aliphatic heterocycles. The van der Waals surface area contributed by atoms with Crippen molar-refractivity contribution in [1.29, 1.82) is 5.26 Å². The number of aliphatic hydroxyl groups excluding tert-OH is 1. The summed E-state index contributed by atoms with van der Waals surface area (Å²) in [7, 11) is 0. The summed E-state index contributed by atoms with van der Waals surface area (Å²) < 4.78 is 0. The molecular formula is C18H18N2O. The Kier molecular flexibility index (Phi) is 3.40. The molecule has 3 nitrogen and oxygen atoms in total. The number of hydrogen-bond acceptors (Lipinski definition) is 3. The highest BCUT2D eigenvalue weighted by Gasteiger charge is 2.29. The molecule has 0 spiro atoms. The zero-order chi connectivity index (χ0) is 15.0. The van der Waals surface area contributed by atoms with Crippen LogP contribution in [0.5, 0.6) is 0 Å². The lowest BCUT2D eigenvalue weighted by atomic mass is 10.0. The van der Waals surface area contributed by atoms with Crippen molar-refractivity contribution < 1.29 is 5.11 Å². The van der Waals surface area contributed by atoms with Gasteiger partial charge in [-0.15, -0.1) is 0 Å². The van der Waals surface area contributed by atoms with Gasteiger partial charge in [-0.25, -0.2) is 0 Å². The van der Waals surface area contributed by atoms with Crippen molar-refractivity contribution in [3.8, 4) is 6.07 Å². The Morgan fingerprint density at radius 1 is 1.24 bits per heavy atom. The van der Waals surface area contributed by atoms with E-state index in [4.69, 9.17) is 5.26 Å². The molecule has 0 amide bonds. The third-order valence-electron chi connectivity index (χ3n) is 4.08. The standard InChI is InChI=1S/C18H18N2O/c1-12-9-15-5-3-4-6-17(15)20(12)18-10-14(11-19)7-8-16(18)13(2)21/h3-8,10,12-13,21H,9H2,1-2H3. The highest BCUT2D eigenvalue weighted by Crippen LogP contribution is 2.41. The maximum absolute atomic E-state index is 10.1. The van der Waals surface area contributed by atoms with Gasteiger partial charge in [0.15, 0.2) is 0 Å². The number of anilines is 2. The van der Waals surface area contributed by atoms with Crippen LogP contribution in [0.3, 0.4) is 0 Å². The van der Waals surface area contributed by atoms with Crippen LogP contribution in [0.2, 0.25) is 0 Å². The van der Waals surface area contributed by atoms with Gasteiger partial charge in [0.1, 0.15) is 0 Å². The molecule has 0 fully saturated rings. The molecule has 0 bridgehead atoms. The molecule has 1 N–H and O–H groups in total. The van der Waals surface area contributed by atoms with E-state index in [0.29, 0.717) is 11.6 Å². The molecule has 0 radical (unpaired) electrons. The first-order valence-corrected chi connectivity index (χ1v) is 7.21. The minimum atomic E-state index is -0.562. The van der Waals surface area contributed by atoms with Crippen molar-refractivity contribution in [3.05, 3.63) is 59.2 Å². The van der Waals surface area contributed by atoms with Crippen LogP contribution in [0, 0.1) is 11.3 Å². The number of aliphatic hydroxyl groups is 1. The summed E-state index contributed by atoms with van der Waals surface area (Å²) in [4.78, 5) is 2.23. The summed E-state index contributed by atoms with van der Waals surface area (Å²) in [6.07, 6.45) is 0.416. The molecule has 0 saturated heterocycles. The van der Waals surface area contributed by atoms with Gasteiger partial charge in [-0.1, -0.05) is 24.3 Å². The van der Waals surface area contributed by atoms with Crippen LogP contribution >= 0.6 is 0 Å². The number of rotatable bonds is 2. The Morgan fingerprint density at radius 3 is 2.71 bits per heavy atom. The van der Waals surface area contributed by atoms with E-state index in [9.17, 15) is 5.11 Å². The van der Waals surface area contributed by atoms with Crippen molar-refractivity contribution in [1.82, 2.24) is 0 Å². The maximum Gasteiger partial charge on any atom is 0.0992 e. The molecule has 1 aliphatic rings. The fourth-order valence-corrected chi connectivity index (χ4v) is 3.11. The van der Waals surface area contributed by atoms with Crippen LogP contribution in [-0.4, -0.2) is 11.1 Å². The number of nitriles is 1. The molecule has 0 aromatic heterocycles. The zero-order valence-corrected chi connectivity index (χ0v) is 12.2. The van der Waals surface area contributed by atoms with Crippen molar-refractivity contribution in [2.75, 3.05) is 4.90 Å². The summed E-state index contributed by atoms with van der Waals surface area (Å²) in [5.74, 6) is 0. The van der Waals surface area contributed by atoms with Gasteiger partial charge in [0.2, 0.25) is 0 Å². The Balaban J connectivity index is 2.18. The third-order valence-corrected chi connectivity index (χ3v) is 4.08. The van der Waals surface area contributed by atoms with Crippen LogP contribution in [0.15, 0.2) is 42.5 Å². The molecule has 1 heterocycles. The van der Waals surface area contributed by atoms with Crippen LogP contribution in [0.25, 0.3) is 0 Å². The Morgan fingerprint density at radius 2 is 2.00 bits per heavy atom. The second-order valence-corrected chi connectivity index (χ2v) is 5.61. The summed E-state index contributed by atoms with van der Waals surface area (Å²) in [5.41, 5.74) is 4.89. The average molecular weight is 278 g/mol. The summed E-state index contributed by atoms with van der Waals surface area (Å²) in [6, 6.07) is 16.3. The van der Waals surface area contributed by atoms with E-state index < -0.39 is 6.10 Å². The summed E-state index contributed by atoms with van der Waals surface area (Å²) in [5, 5.41) is 19.2.